The van der Waals surface area contributed by atoms with Crippen molar-refractivity contribution in [3.05, 3.63) is 36.9 Å². The number of nitrogens with one attached hydrogen (secondary N) is 2. The molecular formula is C18H23N3O. The Morgan fingerprint density at radius 2 is 2.00 bits per heavy atom. The molecule has 4 nitrogen and oxygen atoms in total. The molecule has 22 heavy (non-hydrogen) atoms. The summed E-state index contributed by atoms with van der Waals surface area (Å²) in [7, 11) is 0. The molecule has 0 radical (unpaired) electrons. The molecule has 1 aromatic carbocycles. The van der Waals surface area contributed by atoms with Crippen LogP contribution in [0.5, 0.6) is 0 Å². The minimum Gasteiger partial charge on any atom is -0.444 e. The Morgan fingerprint density at radius 1 is 1.09 bits per heavy atom. The largest absolute Gasteiger partial charge is 0.444 e. The molecule has 4 heteroatoms. The molecule has 2 aromatic rings. The highest BCUT2D eigenvalue weighted by Crippen LogP contribution is 2.34. The van der Waals surface area contributed by atoms with Crippen LogP contribution in [0.15, 0.2) is 41.3 Å². The summed E-state index contributed by atoms with van der Waals surface area (Å²) in [5, 5.41) is 7.44. The minimum absolute atomic E-state index is 0.603. The molecule has 4 rings (SSSR count). The van der Waals surface area contributed by atoms with Crippen molar-refractivity contribution < 1.29 is 4.42 Å². The Morgan fingerprint density at radius 3 is 2.73 bits per heavy atom. The molecule has 116 valence electrons. The summed E-state index contributed by atoms with van der Waals surface area (Å²) in [6.45, 7) is 1.19. The van der Waals surface area contributed by atoms with Crippen LogP contribution in [-0.2, 0) is 0 Å². The van der Waals surface area contributed by atoms with Gasteiger partial charge in [0.15, 0.2) is 12.2 Å². The van der Waals surface area contributed by atoms with Gasteiger partial charge in [0, 0.05) is 23.3 Å². The third kappa shape index (κ3) is 2.75. The summed E-state index contributed by atoms with van der Waals surface area (Å²) in [5.74, 6) is 1.59. The van der Waals surface area contributed by atoms with Gasteiger partial charge in [0.05, 0.1) is 6.20 Å². The van der Waals surface area contributed by atoms with Crippen molar-refractivity contribution in [3.8, 4) is 11.3 Å². The molecule has 1 saturated carbocycles. The fourth-order valence-electron chi connectivity index (χ4n) is 4.03. The highest BCUT2D eigenvalue weighted by atomic mass is 16.3. The van der Waals surface area contributed by atoms with E-state index in [2.05, 4.69) is 39.9 Å². The maximum atomic E-state index is 5.34. The Bertz CT molecular complexity index is 587. The van der Waals surface area contributed by atoms with Gasteiger partial charge in [-0.15, -0.1) is 0 Å². The van der Waals surface area contributed by atoms with Crippen molar-refractivity contribution in [1.82, 2.24) is 10.3 Å². The first-order chi connectivity index (χ1) is 10.9. The number of hydrogen-bond acceptors (Lipinski definition) is 4. The second-order valence-corrected chi connectivity index (χ2v) is 6.49. The van der Waals surface area contributed by atoms with Gasteiger partial charge in [0.1, 0.15) is 0 Å². The van der Waals surface area contributed by atoms with Crippen LogP contribution in [0, 0.1) is 5.92 Å². The van der Waals surface area contributed by atoms with E-state index in [1.807, 2.05) is 0 Å². The van der Waals surface area contributed by atoms with E-state index >= 15 is 0 Å². The SMILES string of the molecule is c1ncc(-c2ccc(NC3CCCC3C3CCCN3)cc2)o1. The van der Waals surface area contributed by atoms with E-state index in [0.29, 0.717) is 12.1 Å². The number of rotatable bonds is 4. The van der Waals surface area contributed by atoms with E-state index < -0.39 is 0 Å². The van der Waals surface area contributed by atoms with Gasteiger partial charge in [0.2, 0.25) is 0 Å². The topological polar surface area (TPSA) is 50.1 Å². The lowest BCUT2D eigenvalue weighted by molar-refractivity contribution is 0.376. The zero-order valence-corrected chi connectivity index (χ0v) is 12.8. The van der Waals surface area contributed by atoms with Gasteiger partial charge >= 0.3 is 0 Å². The second-order valence-electron chi connectivity index (χ2n) is 6.49. The zero-order chi connectivity index (χ0) is 14.8. The summed E-state index contributed by atoms with van der Waals surface area (Å²) in [5.41, 5.74) is 2.28. The predicted molar refractivity (Wildman–Crippen MR) is 87.7 cm³/mol. The maximum Gasteiger partial charge on any atom is 0.181 e. The Balaban J connectivity index is 1.44. The third-order valence-electron chi connectivity index (χ3n) is 5.14. The van der Waals surface area contributed by atoms with Gasteiger partial charge in [-0.05, 0) is 62.4 Å². The Hall–Kier alpha value is -1.81. The van der Waals surface area contributed by atoms with Gasteiger partial charge in [-0.2, -0.15) is 0 Å². The summed E-state index contributed by atoms with van der Waals surface area (Å²) in [6, 6.07) is 9.81. The highest BCUT2D eigenvalue weighted by Gasteiger charge is 2.34. The molecule has 0 amide bonds. The molecule has 2 aliphatic rings. The van der Waals surface area contributed by atoms with Crippen molar-refractivity contribution in [3.63, 3.8) is 0 Å². The van der Waals surface area contributed by atoms with Crippen LogP contribution in [0.3, 0.4) is 0 Å². The lowest BCUT2D eigenvalue weighted by Crippen LogP contribution is -2.38. The smallest absolute Gasteiger partial charge is 0.181 e. The summed E-state index contributed by atoms with van der Waals surface area (Å²) in [4.78, 5) is 3.97. The number of aromatic nitrogens is 1. The fourth-order valence-corrected chi connectivity index (χ4v) is 4.03. The predicted octanol–water partition coefficient (Wildman–Crippen LogP) is 3.67. The van der Waals surface area contributed by atoms with Gasteiger partial charge in [-0.25, -0.2) is 4.98 Å². The van der Waals surface area contributed by atoms with Crippen LogP contribution < -0.4 is 10.6 Å². The Labute approximate surface area is 131 Å². The van der Waals surface area contributed by atoms with Crippen LogP contribution in [0.4, 0.5) is 5.69 Å². The summed E-state index contributed by atoms with van der Waals surface area (Å²) in [6.07, 6.45) is 9.88. The molecule has 2 heterocycles. The molecule has 1 aliphatic carbocycles. The van der Waals surface area contributed by atoms with Crippen molar-refractivity contribution >= 4 is 5.69 Å². The van der Waals surface area contributed by atoms with Crippen LogP contribution in [0.25, 0.3) is 11.3 Å². The van der Waals surface area contributed by atoms with Gasteiger partial charge in [-0.1, -0.05) is 6.42 Å². The van der Waals surface area contributed by atoms with Crippen molar-refractivity contribution in [1.29, 1.82) is 0 Å². The van der Waals surface area contributed by atoms with Crippen molar-refractivity contribution in [2.75, 3.05) is 11.9 Å². The van der Waals surface area contributed by atoms with E-state index in [1.165, 1.54) is 50.7 Å². The molecule has 1 aliphatic heterocycles. The number of oxazole rings is 1. The normalized spacial score (nSPS) is 28.1. The molecular weight excluding hydrogens is 274 g/mol. The molecule has 0 bridgehead atoms. The fraction of sp³-hybridized carbons (Fsp3) is 0.500. The number of benzene rings is 1. The van der Waals surface area contributed by atoms with Crippen LogP contribution in [-0.4, -0.2) is 23.6 Å². The summed E-state index contributed by atoms with van der Waals surface area (Å²) >= 11 is 0. The van der Waals surface area contributed by atoms with Crippen LogP contribution >= 0.6 is 0 Å². The zero-order valence-electron chi connectivity index (χ0n) is 12.8. The maximum absolute atomic E-state index is 5.34. The quantitative estimate of drug-likeness (QED) is 0.904. The minimum atomic E-state index is 0.603. The first-order valence-electron chi connectivity index (χ1n) is 8.39. The average Bonchev–Trinajstić information content (AvgIpc) is 3.30. The van der Waals surface area contributed by atoms with Gasteiger partial charge in [0.25, 0.3) is 0 Å². The van der Waals surface area contributed by atoms with Gasteiger partial charge < -0.3 is 15.1 Å². The molecule has 1 saturated heterocycles. The second kappa shape index (κ2) is 6.13. The molecule has 3 unspecified atom stereocenters. The average molecular weight is 297 g/mol. The lowest BCUT2D eigenvalue weighted by atomic mass is 9.93. The van der Waals surface area contributed by atoms with E-state index in [9.17, 15) is 0 Å². The van der Waals surface area contributed by atoms with E-state index in [0.717, 1.165) is 17.2 Å². The highest BCUT2D eigenvalue weighted by molar-refractivity contribution is 5.60. The van der Waals surface area contributed by atoms with E-state index in [4.69, 9.17) is 4.42 Å². The number of nitrogens with zero attached hydrogens (tertiary/aromatic N) is 1. The van der Waals surface area contributed by atoms with Crippen molar-refractivity contribution in [2.45, 2.75) is 44.2 Å². The van der Waals surface area contributed by atoms with Crippen molar-refractivity contribution in [2.24, 2.45) is 5.92 Å². The van der Waals surface area contributed by atoms with E-state index in [-0.39, 0.29) is 0 Å². The Kier molecular flexibility index (Phi) is 3.85. The summed E-state index contributed by atoms with van der Waals surface area (Å²) < 4.78 is 5.34. The lowest BCUT2D eigenvalue weighted by Gasteiger charge is -2.27. The third-order valence-corrected chi connectivity index (χ3v) is 5.14. The first kappa shape index (κ1) is 13.8. The van der Waals surface area contributed by atoms with Crippen LogP contribution in [0.1, 0.15) is 32.1 Å². The van der Waals surface area contributed by atoms with E-state index in [1.54, 1.807) is 6.20 Å². The monoisotopic (exact) mass is 297 g/mol. The molecule has 2 N–H and O–H groups in total. The first-order valence-corrected chi connectivity index (χ1v) is 8.39. The number of hydrogen-bond donors (Lipinski definition) is 2. The molecule has 2 fully saturated rings. The number of anilines is 1. The van der Waals surface area contributed by atoms with Gasteiger partial charge in [-0.3, -0.25) is 0 Å². The molecule has 3 atom stereocenters. The molecule has 1 aromatic heterocycles. The van der Waals surface area contributed by atoms with Crippen LogP contribution in [0.2, 0.25) is 0 Å². The standard InChI is InChI=1S/C18H23N3O/c1-3-15(16-5-2-10-20-16)17(4-1)21-14-8-6-13(7-9-14)18-11-19-12-22-18/h6-9,11-12,15-17,20-21H,1-5,10H2. The molecule has 0 spiro atoms.